The number of likely N-dealkylation sites (tertiary alicyclic amines) is 1. The normalized spacial score (nSPS) is 24.9. The summed E-state index contributed by atoms with van der Waals surface area (Å²) in [5.74, 6) is 0.0749. The molecular weight excluding hydrogens is 290 g/mol. The van der Waals surface area contributed by atoms with Crippen LogP contribution in [0, 0.1) is 6.92 Å². The van der Waals surface area contributed by atoms with Crippen molar-refractivity contribution in [3.8, 4) is 0 Å². The molecule has 5 heteroatoms. The maximum absolute atomic E-state index is 12.4. The summed E-state index contributed by atoms with van der Waals surface area (Å²) in [5, 5.41) is 3.05. The highest BCUT2D eigenvalue weighted by molar-refractivity contribution is 5.96. The first-order chi connectivity index (χ1) is 11.0. The third kappa shape index (κ3) is 3.49. The van der Waals surface area contributed by atoms with Gasteiger partial charge in [-0.3, -0.25) is 4.79 Å². The average Bonchev–Trinajstić information content (AvgIpc) is 2.89. The molecule has 3 rings (SSSR count). The van der Waals surface area contributed by atoms with Crippen molar-refractivity contribution in [1.82, 2.24) is 10.2 Å². The van der Waals surface area contributed by atoms with Crippen LogP contribution < -0.4 is 10.2 Å². The molecule has 2 fully saturated rings. The van der Waals surface area contributed by atoms with E-state index < -0.39 is 0 Å². The van der Waals surface area contributed by atoms with Crippen LogP contribution in [0.4, 0.5) is 10.5 Å². The molecule has 1 aromatic carbocycles. The fourth-order valence-electron chi connectivity index (χ4n) is 3.44. The van der Waals surface area contributed by atoms with Crippen LogP contribution in [0.5, 0.6) is 0 Å². The third-order valence-corrected chi connectivity index (χ3v) is 4.86. The van der Waals surface area contributed by atoms with Crippen molar-refractivity contribution in [2.45, 2.75) is 51.6 Å². The van der Waals surface area contributed by atoms with E-state index in [0.717, 1.165) is 25.1 Å². The molecule has 0 spiro atoms. The molecule has 0 aliphatic carbocycles. The molecule has 3 amide bonds. The second kappa shape index (κ2) is 6.60. The van der Waals surface area contributed by atoms with Crippen LogP contribution >= 0.6 is 0 Å². The third-order valence-electron chi connectivity index (χ3n) is 4.86. The number of benzene rings is 1. The number of hydrogen-bond donors (Lipinski definition) is 1. The predicted molar refractivity (Wildman–Crippen MR) is 90.5 cm³/mol. The van der Waals surface area contributed by atoms with Crippen LogP contribution in [0.2, 0.25) is 0 Å². The SMILES string of the molecule is Cc1ccc(N2CC(NC(=O)N3CCCCC3C)CC2=O)cc1. The fraction of sp³-hybridized carbons (Fsp3) is 0.556. The number of anilines is 1. The van der Waals surface area contributed by atoms with Crippen LogP contribution in [0.25, 0.3) is 0 Å². The molecular formula is C18H25N3O2. The van der Waals surface area contributed by atoms with E-state index in [-0.39, 0.29) is 24.0 Å². The van der Waals surface area contributed by atoms with Crippen LogP contribution in [0.15, 0.2) is 24.3 Å². The molecule has 1 aromatic rings. The van der Waals surface area contributed by atoms with Gasteiger partial charge in [0.1, 0.15) is 0 Å². The summed E-state index contributed by atoms with van der Waals surface area (Å²) in [5.41, 5.74) is 2.08. The highest BCUT2D eigenvalue weighted by atomic mass is 16.2. The molecule has 5 nitrogen and oxygen atoms in total. The van der Waals surface area contributed by atoms with Gasteiger partial charge in [0, 0.05) is 31.2 Å². The summed E-state index contributed by atoms with van der Waals surface area (Å²) in [7, 11) is 0. The molecule has 2 aliphatic heterocycles. The molecule has 2 aliphatic rings. The van der Waals surface area contributed by atoms with Gasteiger partial charge in [-0.25, -0.2) is 4.79 Å². The monoisotopic (exact) mass is 315 g/mol. The number of carbonyl (C=O) groups excluding carboxylic acids is 2. The number of rotatable bonds is 2. The number of piperidine rings is 1. The number of aryl methyl sites for hydroxylation is 1. The first kappa shape index (κ1) is 15.8. The molecule has 0 saturated carbocycles. The molecule has 0 radical (unpaired) electrons. The summed E-state index contributed by atoms with van der Waals surface area (Å²) in [6.45, 7) is 5.49. The Kier molecular flexibility index (Phi) is 4.55. The summed E-state index contributed by atoms with van der Waals surface area (Å²) in [4.78, 5) is 28.4. The van der Waals surface area contributed by atoms with E-state index in [4.69, 9.17) is 0 Å². The van der Waals surface area contributed by atoms with E-state index in [0.29, 0.717) is 13.0 Å². The quantitative estimate of drug-likeness (QED) is 0.912. The molecule has 1 N–H and O–H groups in total. The summed E-state index contributed by atoms with van der Waals surface area (Å²) >= 11 is 0. The first-order valence-electron chi connectivity index (χ1n) is 8.49. The molecule has 23 heavy (non-hydrogen) atoms. The van der Waals surface area contributed by atoms with Gasteiger partial charge in [-0.15, -0.1) is 0 Å². The van der Waals surface area contributed by atoms with E-state index in [9.17, 15) is 9.59 Å². The van der Waals surface area contributed by atoms with Gasteiger partial charge in [-0.1, -0.05) is 17.7 Å². The fourth-order valence-corrected chi connectivity index (χ4v) is 3.44. The van der Waals surface area contributed by atoms with E-state index in [1.807, 2.05) is 36.1 Å². The van der Waals surface area contributed by atoms with Crippen LogP contribution in [-0.4, -0.2) is 42.0 Å². The summed E-state index contributed by atoms with van der Waals surface area (Å²) in [6, 6.07) is 8.09. The molecule has 2 atom stereocenters. The average molecular weight is 315 g/mol. The van der Waals surface area contributed by atoms with Crippen molar-refractivity contribution in [3.63, 3.8) is 0 Å². The minimum atomic E-state index is -0.106. The predicted octanol–water partition coefficient (Wildman–Crippen LogP) is 2.68. The summed E-state index contributed by atoms with van der Waals surface area (Å²) in [6.07, 6.45) is 3.69. The van der Waals surface area contributed by atoms with Gasteiger partial charge in [0.05, 0.1) is 6.04 Å². The maximum Gasteiger partial charge on any atom is 0.317 e. The lowest BCUT2D eigenvalue weighted by atomic mass is 10.0. The van der Waals surface area contributed by atoms with Gasteiger partial charge in [0.2, 0.25) is 5.91 Å². The standard InChI is InChI=1S/C18H25N3O2/c1-13-6-8-16(9-7-13)21-12-15(11-17(21)22)19-18(23)20-10-4-3-5-14(20)2/h6-9,14-15H,3-5,10-12H2,1-2H3,(H,19,23). The van der Waals surface area contributed by atoms with E-state index >= 15 is 0 Å². The number of hydrogen-bond acceptors (Lipinski definition) is 2. The largest absolute Gasteiger partial charge is 0.333 e. The molecule has 2 saturated heterocycles. The van der Waals surface area contributed by atoms with Gasteiger partial charge < -0.3 is 15.1 Å². The van der Waals surface area contributed by atoms with Gasteiger partial charge in [-0.2, -0.15) is 0 Å². The lowest BCUT2D eigenvalue weighted by molar-refractivity contribution is -0.117. The number of amides is 3. The Labute approximate surface area is 137 Å². The Hall–Kier alpha value is -2.04. The molecule has 0 aromatic heterocycles. The molecule has 124 valence electrons. The zero-order valence-corrected chi connectivity index (χ0v) is 13.9. The smallest absolute Gasteiger partial charge is 0.317 e. The Morgan fingerprint density at radius 1 is 1.22 bits per heavy atom. The highest BCUT2D eigenvalue weighted by Gasteiger charge is 2.33. The minimum Gasteiger partial charge on any atom is -0.333 e. The Balaban J connectivity index is 1.61. The number of nitrogens with zero attached hydrogens (tertiary/aromatic N) is 2. The first-order valence-corrected chi connectivity index (χ1v) is 8.49. The Morgan fingerprint density at radius 3 is 2.65 bits per heavy atom. The van der Waals surface area contributed by atoms with Crippen molar-refractivity contribution < 1.29 is 9.59 Å². The lowest BCUT2D eigenvalue weighted by Gasteiger charge is -2.34. The van der Waals surface area contributed by atoms with Crippen molar-refractivity contribution in [2.24, 2.45) is 0 Å². The van der Waals surface area contributed by atoms with E-state index in [1.54, 1.807) is 4.90 Å². The van der Waals surface area contributed by atoms with Gasteiger partial charge in [0.25, 0.3) is 0 Å². The van der Waals surface area contributed by atoms with Gasteiger partial charge >= 0.3 is 6.03 Å². The van der Waals surface area contributed by atoms with Crippen molar-refractivity contribution in [3.05, 3.63) is 29.8 Å². The number of nitrogens with one attached hydrogen (secondary N) is 1. The molecule has 2 heterocycles. The van der Waals surface area contributed by atoms with Crippen LogP contribution in [-0.2, 0) is 4.79 Å². The maximum atomic E-state index is 12.4. The minimum absolute atomic E-state index is 0.0271. The zero-order chi connectivity index (χ0) is 16.4. The highest BCUT2D eigenvalue weighted by Crippen LogP contribution is 2.23. The Bertz CT molecular complexity index is 584. The van der Waals surface area contributed by atoms with Crippen LogP contribution in [0.1, 0.15) is 38.2 Å². The van der Waals surface area contributed by atoms with E-state index in [2.05, 4.69) is 12.2 Å². The number of urea groups is 1. The molecule has 2 unspecified atom stereocenters. The van der Waals surface area contributed by atoms with E-state index in [1.165, 1.54) is 12.0 Å². The van der Waals surface area contributed by atoms with Crippen molar-refractivity contribution >= 4 is 17.6 Å². The van der Waals surface area contributed by atoms with Gasteiger partial charge in [-0.05, 0) is 45.2 Å². The molecule has 0 bridgehead atoms. The van der Waals surface area contributed by atoms with Crippen molar-refractivity contribution in [1.29, 1.82) is 0 Å². The van der Waals surface area contributed by atoms with Crippen LogP contribution in [0.3, 0.4) is 0 Å². The topological polar surface area (TPSA) is 52.7 Å². The second-order valence-corrected chi connectivity index (χ2v) is 6.73. The zero-order valence-electron chi connectivity index (χ0n) is 13.9. The second-order valence-electron chi connectivity index (χ2n) is 6.73. The van der Waals surface area contributed by atoms with Gasteiger partial charge in [0.15, 0.2) is 0 Å². The van der Waals surface area contributed by atoms with Crippen molar-refractivity contribution in [2.75, 3.05) is 18.0 Å². The Morgan fingerprint density at radius 2 is 1.96 bits per heavy atom. The lowest BCUT2D eigenvalue weighted by Crippen LogP contribution is -2.50. The number of carbonyl (C=O) groups is 2. The summed E-state index contributed by atoms with van der Waals surface area (Å²) < 4.78 is 0.